The summed E-state index contributed by atoms with van der Waals surface area (Å²) in [4.78, 5) is 24.5. The number of rotatable bonds is 5. The second-order valence-corrected chi connectivity index (χ2v) is 5.58. The Balaban J connectivity index is 1.76. The lowest BCUT2D eigenvalue weighted by Crippen LogP contribution is -2.38. The highest BCUT2D eigenvalue weighted by Gasteiger charge is 2.23. The molecule has 2 rings (SSSR count). The molecular weight excluding hydrogens is 285 g/mol. The Morgan fingerprint density at radius 1 is 1.23 bits per heavy atom. The molecule has 5 heteroatoms. The third-order valence-electron chi connectivity index (χ3n) is 3.90. The average molecular weight is 305 g/mol. The van der Waals surface area contributed by atoms with Gasteiger partial charge in [-0.1, -0.05) is 24.3 Å². The summed E-state index contributed by atoms with van der Waals surface area (Å²) in [6.07, 6.45) is 5.57. The van der Waals surface area contributed by atoms with Gasteiger partial charge >= 0.3 is 5.97 Å². The average Bonchev–Trinajstić information content (AvgIpc) is 2.49. The van der Waals surface area contributed by atoms with Gasteiger partial charge in [0.25, 0.3) is 0 Å². The normalized spacial score (nSPS) is 16.1. The lowest BCUT2D eigenvalue weighted by atomic mass is 9.93. The molecular formula is C17H20FNO3. The number of carbonyl (C=O) groups excluding carboxylic acids is 1. The highest BCUT2D eigenvalue weighted by Crippen LogP contribution is 2.21. The number of hydrogen-bond acceptors (Lipinski definition) is 2. The van der Waals surface area contributed by atoms with Crippen LogP contribution >= 0.6 is 0 Å². The number of hydrogen-bond donors (Lipinski definition) is 1. The lowest BCUT2D eigenvalue weighted by molar-refractivity contribution is -0.138. The number of halogens is 1. The van der Waals surface area contributed by atoms with Gasteiger partial charge in [0, 0.05) is 25.9 Å². The van der Waals surface area contributed by atoms with Gasteiger partial charge in [0.05, 0.1) is 0 Å². The zero-order valence-corrected chi connectivity index (χ0v) is 12.4. The van der Waals surface area contributed by atoms with Crippen molar-refractivity contribution < 1.29 is 19.1 Å². The largest absolute Gasteiger partial charge is 0.481 e. The smallest absolute Gasteiger partial charge is 0.303 e. The molecule has 0 saturated carbocycles. The van der Waals surface area contributed by atoms with Crippen LogP contribution in [0.1, 0.15) is 31.2 Å². The molecule has 1 heterocycles. The minimum atomic E-state index is -0.771. The van der Waals surface area contributed by atoms with E-state index in [1.54, 1.807) is 29.2 Å². The highest BCUT2D eigenvalue weighted by molar-refractivity contribution is 5.78. The maximum Gasteiger partial charge on any atom is 0.303 e. The maximum atomic E-state index is 12.8. The number of amides is 1. The van der Waals surface area contributed by atoms with Crippen LogP contribution < -0.4 is 0 Å². The van der Waals surface area contributed by atoms with E-state index in [0.29, 0.717) is 19.5 Å². The number of aliphatic carboxylic acids is 1. The molecule has 1 saturated heterocycles. The van der Waals surface area contributed by atoms with Gasteiger partial charge in [-0.15, -0.1) is 0 Å². The van der Waals surface area contributed by atoms with Crippen molar-refractivity contribution in [1.82, 2.24) is 4.90 Å². The van der Waals surface area contributed by atoms with Crippen LogP contribution in [0.15, 0.2) is 30.3 Å². The van der Waals surface area contributed by atoms with Crippen molar-refractivity contribution in [3.05, 3.63) is 41.7 Å². The number of piperidine rings is 1. The van der Waals surface area contributed by atoms with E-state index in [-0.39, 0.29) is 24.1 Å². The molecule has 1 fully saturated rings. The molecule has 1 aliphatic rings. The van der Waals surface area contributed by atoms with Gasteiger partial charge in [-0.3, -0.25) is 9.59 Å². The van der Waals surface area contributed by atoms with Gasteiger partial charge in [-0.05, 0) is 36.5 Å². The highest BCUT2D eigenvalue weighted by atomic mass is 19.1. The summed E-state index contributed by atoms with van der Waals surface area (Å²) in [7, 11) is 0. The fourth-order valence-corrected chi connectivity index (χ4v) is 2.63. The van der Waals surface area contributed by atoms with Crippen LogP contribution in [0.5, 0.6) is 0 Å². The van der Waals surface area contributed by atoms with E-state index in [0.717, 1.165) is 18.4 Å². The summed E-state index contributed by atoms with van der Waals surface area (Å²) < 4.78 is 12.8. The van der Waals surface area contributed by atoms with Gasteiger partial charge in [-0.25, -0.2) is 4.39 Å². The number of carboxylic acids is 1. The number of nitrogens with zero attached hydrogens (tertiary/aromatic N) is 1. The summed E-state index contributed by atoms with van der Waals surface area (Å²) in [5, 5.41) is 8.77. The molecule has 1 amide bonds. The third-order valence-corrected chi connectivity index (χ3v) is 3.90. The van der Waals surface area contributed by atoms with E-state index in [4.69, 9.17) is 5.11 Å². The molecule has 22 heavy (non-hydrogen) atoms. The number of likely N-dealkylation sites (tertiary alicyclic amines) is 1. The van der Waals surface area contributed by atoms with E-state index in [9.17, 15) is 14.0 Å². The summed E-state index contributed by atoms with van der Waals surface area (Å²) in [6.45, 7) is 1.25. The monoisotopic (exact) mass is 305 g/mol. The van der Waals surface area contributed by atoms with Crippen molar-refractivity contribution in [2.75, 3.05) is 13.1 Å². The first-order chi connectivity index (χ1) is 10.5. The standard InChI is InChI=1S/C17H20FNO3/c18-15-6-4-13(5-7-15)2-1-3-16(20)19-10-8-14(9-11-19)12-17(21)22/h1-2,4-7,14H,3,8-12H2,(H,21,22). The summed E-state index contributed by atoms with van der Waals surface area (Å²) in [6, 6.07) is 6.09. The molecule has 1 aliphatic heterocycles. The van der Waals surface area contributed by atoms with Crippen LogP contribution in [0.2, 0.25) is 0 Å². The Morgan fingerprint density at radius 3 is 2.45 bits per heavy atom. The van der Waals surface area contributed by atoms with Crippen LogP contribution in [0.3, 0.4) is 0 Å². The lowest BCUT2D eigenvalue weighted by Gasteiger charge is -2.31. The Labute approximate surface area is 129 Å². The molecule has 0 aromatic heterocycles. The number of carboxylic acid groups (broad SMARTS) is 1. The van der Waals surface area contributed by atoms with Crippen molar-refractivity contribution in [2.45, 2.75) is 25.7 Å². The van der Waals surface area contributed by atoms with E-state index in [1.165, 1.54) is 12.1 Å². The molecule has 0 unspecified atom stereocenters. The molecule has 0 spiro atoms. The molecule has 4 nitrogen and oxygen atoms in total. The number of carbonyl (C=O) groups is 2. The van der Waals surface area contributed by atoms with Gasteiger partial charge in [0.2, 0.25) is 5.91 Å². The fourth-order valence-electron chi connectivity index (χ4n) is 2.63. The Morgan fingerprint density at radius 2 is 1.86 bits per heavy atom. The summed E-state index contributed by atoms with van der Waals surface area (Å²) in [5.74, 6) is -0.826. The van der Waals surface area contributed by atoms with Gasteiger partial charge < -0.3 is 10.0 Å². The minimum absolute atomic E-state index is 0.0483. The van der Waals surface area contributed by atoms with E-state index < -0.39 is 5.97 Å². The quantitative estimate of drug-likeness (QED) is 0.910. The molecule has 118 valence electrons. The molecule has 0 bridgehead atoms. The zero-order valence-electron chi connectivity index (χ0n) is 12.4. The van der Waals surface area contributed by atoms with Crippen molar-refractivity contribution in [2.24, 2.45) is 5.92 Å². The van der Waals surface area contributed by atoms with Gasteiger partial charge in [0.15, 0.2) is 0 Å². The van der Waals surface area contributed by atoms with Gasteiger partial charge in [0.1, 0.15) is 5.82 Å². The van der Waals surface area contributed by atoms with Crippen LogP contribution in [0, 0.1) is 11.7 Å². The van der Waals surface area contributed by atoms with Gasteiger partial charge in [-0.2, -0.15) is 0 Å². The molecule has 1 aromatic carbocycles. The van der Waals surface area contributed by atoms with Crippen LogP contribution in [-0.4, -0.2) is 35.0 Å². The van der Waals surface area contributed by atoms with Crippen LogP contribution in [0.4, 0.5) is 4.39 Å². The molecule has 0 aliphatic carbocycles. The molecule has 1 aromatic rings. The predicted molar refractivity (Wildman–Crippen MR) is 81.6 cm³/mol. The van der Waals surface area contributed by atoms with Crippen molar-refractivity contribution >= 4 is 18.0 Å². The predicted octanol–water partition coefficient (Wildman–Crippen LogP) is 2.94. The zero-order chi connectivity index (χ0) is 15.9. The summed E-state index contributed by atoms with van der Waals surface area (Å²) >= 11 is 0. The Hall–Kier alpha value is -2.17. The Kier molecular flexibility index (Phi) is 5.69. The molecule has 1 N–H and O–H groups in total. The first kappa shape index (κ1) is 16.2. The number of benzene rings is 1. The molecule has 0 radical (unpaired) electrons. The fraction of sp³-hybridized carbons (Fsp3) is 0.412. The molecule has 0 atom stereocenters. The SMILES string of the molecule is O=C(O)CC1CCN(C(=O)CC=Cc2ccc(F)cc2)CC1. The second-order valence-electron chi connectivity index (χ2n) is 5.58. The van der Waals surface area contributed by atoms with Crippen LogP contribution in [0.25, 0.3) is 6.08 Å². The van der Waals surface area contributed by atoms with Crippen molar-refractivity contribution in [3.63, 3.8) is 0 Å². The van der Waals surface area contributed by atoms with Crippen molar-refractivity contribution in [1.29, 1.82) is 0 Å². The van der Waals surface area contributed by atoms with E-state index in [2.05, 4.69) is 0 Å². The second kappa shape index (κ2) is 7.73. The first-order valence-corrected chi connectivity index (χ1v) is 7.46. The minimum Gasteiger partial charge on any atom is -0.481 e. The Bertz CT molecular complexity index is 546. The third kappa shape index (κ3) is 4.98. The van der Waals surface area contributed by atoms with Crippen molar-refractivity contribution in [3.8, 4) is 0 Å². The first-order valence-electron chi connectivity index (χ1n) is 7.46. The topological polar surface area (TPSA) is 57.6 Å². The van der Waals surface area contributed by atoms with E-state index in [1.807, 2.05) is 0 Å². The maximum absolute atomic E-state index is 12.8. The van der Waals surface area contributed by atoms with E-state index >= 15 is 0 Å². The summed E-state index contributed by atoms with van der Waals surface area (Å²) in [5.41, 5.74) is 0.856. The van der Waals surface area contributed by atoms with Crippen LogP contribution in [-0.2, 0) is 9.59 Å².